The van der Waals surface area contributed by atoms with Crippen LogP contribution in [0.4, 0.5) is 11.6 Å². The van der Waals surface area contributed by atoms with E-state index >= 15 is 0 Å². The number of nitrogens with two attached hydrogens (primary N) is 1. The van der Waals surface area contributed by atoms with Gasteiger partial charge in [0.05, 0.1) is 6.04 Å². The summed E-state index contributed by atoms with van der Waals surface area (Å²) in [5.74, 6) is 0.768. The molecule has 6 heteroatoms. The summed E-state index contributed by atoms with van der Waals surface area (Å²) in [6.45, 7) is 1.99. The van der Waals surface area contributed by atoms with E-state index in [1.807, 2.05) is 31.2 Å². The Hall–Kier alpha value is -1.52. The van der Waals surface area contributed by atoms with Crippen molar-refractivity contribution in [3.8, 4) is 0 Å². The van der Waals surface area contributed by atoms with Crippen LogP contribution in [-0.4, -0.2) is 9.97 Å². The van der Waals surface area contributed by atoms with Gasteiger partial charge in [-0.25, -0.2) is 9.97 Å². The first-order chi connectivity index (χ1) is 8.58. The summed E-state index contributed by atoms with van der Waals surface area (Å²) in [5.41, 5.74) is 6.65. The number of rotatable bonds is 3. The highest BCUT2D eigenvalue weighted by atomic mass is 35.5. The molecule has 2 aromatic rings. The van der Waals surface area contributed by atoms with Crippen LogP contribution in [0.5, 0.6) is 0 Å². The summed E-state index contributed by atoms with van der Waals surface area (Å²) in [5, 5.41) is 4.19. The van der Waals surface area contributed by atoms with E-state index in [2.05, 4.69) is 15.3 Å². The second-order valence-electron chi connectivity index (χ2n) is 3.84. The van der Waals surface area contributed by atoms with E-state index < -0.39 is 0 Å². The first-order valence-electron chi connectivity index (χ1n) is 5.36. The molecule has 0 radical (unpaired) electrons. The molecule has 1 atom stereocenters. The Bertz CT molecular complexity index is 560. The number of nitrogens with zero attached hydrogens (tertiary/aromatic N) is 2. The molecule has 18 heavy (non-hydrogen) atoms. The second-order valence-corrected chi connectivity index (χ2v) is 4.66. The third-order valence-corrected chi connectivity index (χ3v) is 3.13. The molecule has 3 N–H and O–H groups in total. The van der Waals surface area contributed by atoms with Crippen molar-refractivity contribution in [2.75, 3.05) is 11.1 Å². The number of nitrogens with one attached hydrogen (secondary N) is 1. The minimum Gasteiger partial charge on any atom is -0.382 e. The van der Waals surface area contributed by atoms with Gasteiger partial charge >= 0.3 is 0 Å². The average molecular weight is 283 g/mol. The molecule has 0 bridgehead atoms. The predicted molar refractivity (Wildman–Crippen MR) is 74.9 cm³/mol. The van der Waals surface area contributed by atoms with Crippen LogP contribution in [0.15, 0.2) is 30.6 Å². The van der Waals surface area contributed by atoms with E-state index in [4.69, 9.17) is 28.9 Å². The molecule has 1 aromatic carbocycles. The molecule has 0 aliphatic rings. The average Bonchev–Trinajstić information content (AvgIpc) is 2.35. The van der Waals surface area contributed by atoms with Crippen LogP contribution in [0, 0.1) is 0 Å². The Morgan fingerprint density at radius 2 is 2.06 bits per heavy atom. The Morgan fingerprint density at radius 3 is 2.78 bits per heavy atom. The van der Waals surface area contributed by atoms with Crippen LogP contribution in [0.25, 0.3) is 0 Å². The zero-order chi connectivity index (χ0) is 13.1. The number of hydrogen-bond donors (Lipinski definition) is 2. The van der Waals surface area contributed by atoms with Gasteiger partial charge in [-0.3, -0.25) is 0 Å². The molecule has 1 aromatic heterocycles. The molecular weight excluding hydrogens is 271 g/mol. The monoisotopic (exact) mass is 282 g/mol. The van der Waals surface area contributed by atoms with Crippen LogP contribution in [0.2, 0.25) is 10.0 Å². The fourth-order valence-corrected chi connectivity index (χ4v) is 1.90. The second kappa shape index (κ2) is 5.42. The fraction of sp³-hybridized carbons (Fsp3) is 0.167. The highest BCUT2D eigenvalue weighted by Gasteiger charge is 2.11. The third kappa shape index (κ3) is 2.83. The molecule has 0 unspecified atom stereocenters. The molecule has 0 saturated heterocycles. The van der Waals surface area contributed by atoms with Crippen molar-refractivity contribution in [3.63, 3.8) is 0 Å². The van der Waals surface area contributed by atoms with Gasteiger partial charge in [-0.15, -0.1) is 0 Å². The summed E-state index contributed by atoms with van der Waals surface area (Å²) in [4.78, 5) is 7.87. The van der Waals surface area contributed by atoms with Gasteiger partial charge in [-0.1, -0.05) is 35.3 Å². The van der Waals surface area contributed by atoms with E-state index in [0.29, 0.717) is 15.9 Å². The topological polar surface area (TPSA) is 63.8 Å². The van der Waals surface area contributed by atoms with Gasteiger partial charge in [0.15, 0.2) is 5.82 Å². The third-order valence-electron chi connectivity index (χ3n) is 2.52. The van der Waals surface area contributed by atoms with E-state index in [0.717, 1.165) is 5.56 Å². The summed E-state index contributed by atoms with van der Waals surface area (Å²) in [7, 11) is 0. The zero-order valence-corrected chi connectivity index (χ0v) is 11.2. The molecule has 0 fully saturated rings. The molecule has 0 saturated carbocycles. The smallest absolute Gasteiger partial charge is 0.150 e. The highest BCUT2D eigenvalue weighted by molar-refractivity contribution is 6.35. The molecule has 0 spiro atoms. The molecule has 2 rings (SSSR count). The van der Waals surface area contributed by atoms with Crippen molar-refractivity contribution in [2.45, 2.75) is 13.0 Å². The lowest BCUT2D eigenvalue weighted by Crippen LogP contribution is -2.09. The molecular formula is C12H12Cl2N4. The minimum atomic E-state index is 0.00972. The standard InChI is InChI=1S/C12H12Cl2N4/c1-7(8-3-2-4-9(13)5-8)18-12-10(14)11(15)16-6-17-12/h2-7H,1H3,(H3,15,16,17,18)/t7-/m1/s1. The normalized spacial score (nSPS) is 12.2. The van der Waals surface area contributed by atoms with Gasteiger partial charge in [0.2, 0.25) is 0 Å². The Balaban J connectivity index is 2.21. The number of anilines is 2. The maximum atomic E-state index is 6.02. The summed E-state index contributed by atoms with van der Waals surface area (Å²) in [6, 6.07) is 7.59. The first kappa shape index (κ1) is 12.9. The minimum absolute atomic E-state index is 0.00972. The number of aromatic nitrogens is 2. The summed E-state index contributed by atoms with van der Waals surface area (Å²) in [6.07, 6.45) is 1.37. The van der Waals surface area contributed by atoms with E-state index in [1.165, 1.54) is 6.33 Å². The van der Waals surface area contributed by atoms with Gasteiger partial charge < -0.3 is 11.1 Å². The van der Waals surface area contributed by atoms with Crippen LogP contribution in [0.3, 0.4) is 0 Å². The van der Waals surface area contributed by atoms with Crippen molar-refractivity contribution in [1.82, 2.24) is 9.97 Å². The van der Waals surface area contributed by atoms with Crippen molar-refractivity contribution in [2.24, 2.45) is 0 Å². The van der Waals surface area contributed by atoms with Gasteiger partial charge in [0, 0.05) is 5.02 Å². The Kier molecular flexibility index (Phi) is 3.89. The van der Waals surface area contributed by atoms with Crippen molar-refractivity contribution in [1.29, 1.82) is 0 Å². The number of nitrogen functional groups attached to an aromatic ring is 1. The van der Waals surface area contributed by atoms with Crippen LogP contribution in [0.1, 0.15) is 18.5 Å². The SMILES string of the molecule is C[C@@H](Nc1ncnc(N)c1Cl)c1cccc(Cl)c1. The van der Waals surface area contributed by atoms with Crippen LogP contribution in [-0.2, 0) is 0 Å². The largest absolute Gasteiger partial charge is 0.382 e. The molecule has 0 aliphatic heterocycles. The number of benzene rings is 1. The lowest BCUT2D eigenvalue weighted by molar-refractivity contribution is 0.872. The van der Waals surface area contributed by atoms with Crippen molar-refractivity contribution < 1.29 is 0 Å². The Morgan fingerprint density at radius 1 is 1.28 bits per heavy atom. The van der Waals surface area contributed by atoms with E-state index in [1.54, 1.807) is 0 Å². The maximum absolute atomic E-state index is 6.02. The summed E-state index contributed by atoms with van der Waals surface area (Å²) < 4.78 is 0. The Labute approximate surface area is 115 Å². The molecule has 1 heterocycles. The zero-order valence-electron chi connectivity index (χ0n) is 9.69. The highest BCUT2D eigenvalue weighted by Crippen LogP contribution is 2.27. The maximum Gasteiger partial charge on any atom is 0.150 e. The molecule has 0 amide bonds. The van der Waals surface area contributed by atoms with Gasteiger partial charge in [-0.05, 0) is 24.6 Å². The molecule has 94 valence electrons. The molecule has 4 nitrogen and oxygen atoms in total. The fourth-order valence-electron chi connectivity index (χ4n) is 1.55. The van der Waals surface area contributed by atoms with Gasteiger partial charge in [0.1, 0.15) is 17.2 Å². The lowest BCUT2D eigenvalue weighted by Gasteiger charge is -2.16. The lowest BCUT2D eigenvalue weighted by atomic mass is 10.1. The van der Waals surface area contributed by atoms with Crippen LogP contribution >= 0.6 is 23.2 Å². The predicted octanol–water partition coefficient (Wildman–Crippen LogP) is 3.54. The number of hydrogen-bond acceptors (Lipinski definition) is 4. The molecule has 0 aliphatic carbocycles. The number of halogens is 2. The van der Waals surface area contributed by atoms with E-state index in [9.17, 15) is 0 Å². The first-order valence-corrected chi connectivity index (χ1v) is 6.11. The van der Waals surface area contributed by atoms with Gasteiger partial charge in [-0.2, -0.15) is 0 Å². The van der Waals surface area contributed by atoms with Crippen LogP contribution < -0.4 is 11.1 Å². The van der Waals surface area contributed by atoms with Gasteiger partial charge in [0.25, 0.3) is 0 Å². The summed E-state index contributed by atoms with van der Waals surface area (Å²) >= 11 is 12.0. The quantitative estimate of drug-likeness (QED) is 0.904. The van der Waals surface area contributed by atoms with Crippen molar-refractivity contribution >= 4 is 34.8 Å². The van der Waals surface area contributed by atoms with Crippen molar-refractivity contribution in [3.05, 3.63) is 46.2 Å². The van der Waals surface area contributed by atoms with E-state index in [-0.39, 0.29) is 11.9 Å².